The zero-order valence-electron chi connectivity index (χ0n) is 27.0. The SMILES string of the molecule is [C-]#[N+]C1=C[C@]2(C)C3=CC(=O)[C@@H]4[C@@H]5CC(C)(C)CC[C@]5(CCC(=O)CC5COC5)CC[C@@]4(C)[C@]3(C)CC[C@H]2C(C)(C)C1=O. The van der Waals surface area contributed by atoms with E-state index in [2.05, 4.69) is 39.5 Å². The molecule has 6 rings (SSSR count). The highest BCUT2D eigenvalue weighted by molar-refractivity contribution is 6.03. The molecule has 0 aromatic rings. The van der Waals surface area contributed by atoms with Crippen LogP contribution in [0.15, 0.2) is 23.4 Å². The van der Waals surface area contributed by atoms with E-state index in [-0.39, 0.29) is 56.7 Å². The minimum atomic E-state index is -0.639. The predicted molar refractivity (Wildman–Crippen MR) is 163 cm³/mol. The standard InChI is InChI=1S/C37H51NO4/c1-32(2)13-15-37(12-9-24(39)17-23-21-42-22-23)16-14-36(7)30(25(37)19-32)27(40)18-29-34(5)20-26(38-8)31(41)33(3,4)28(34)10-11-35(29,36)6/h18,20,23,25,28,30H,9-17,19,21-22H2,1-7H3/t25-,28-,30-,34-,35+,36+,37+/m0/s1. The van der Waals surface area contributed by atoms with Gasteiger partial charge in [-0.25, -0.2) is 4.85 Å². The van der Waals surface area contributed by atoms with E-state index in [1.54, 1.807) is 0 Å². The Morgan fingerprint density at radius 3 is 2.33 bits per heavy atom. The third kappa shape index (κ3) is 4.06. The van der Waals surface area contributed by atoms with Crippen LogP contribution in [0.1, 0.15) is 113 Å². The second kappa shape index (κ2) is 9.47. The van der Waals surface area contributed by atoms with Crippen molar-refractivity contribution >= 4 is 17.3 Å². The molecule has 4 fully saturated rings. The third-order valence-corrected chi connectivity index (χ3v) is 14.1. The maximum atomic E-state index is 14.7. The predicted octanol–water partition coefficient (Wildman–Crippen LogP) is 7.94. The first-order valence-corrected chi connectivity index (χ1v) is 16.5. The van der Waals surface area contributed by atoms with Crippen LogP contribution in [0.4, 0.5) is 0 Å². The summed E-state index contributed by atoms with van der Waals surface area (Å²) in [5.74, 6) is 1.23. The molecule has 42 heavy (non-hydrogen) atoms. The summed E-state index contributed by atoms with van der Waals surface area (Å²) in [6.45, 7) is 25.0. The molecular weight excluding hydrogens is 522 g/mol. The van der Waals surface area contributed by atoms with Gasteiger partial charge in [-0.1, -0.05) is 60.1 Å². The fourth-order valence-electron chi connectivity index (χ4n) is 11.4. The first-order valence-electron chi connectivity index (χ1n) is 16.5. The zero-order valence-corrected chi connectivity index (χ0v) is 27.0. The average Bonchev–Trinajstić information content (AvgIpc) is 2.89. The Morgan fingerprint density at radius 1 is 1.00 bits per heavy atom. The van der Waals surface area contributed by atoms with Gasteiger partial charge in [0.2, 0.25) is 5.70 Å². The van der Waals surface area contributed by atoms with Gasteiger partial charge in [0.05, 0.1) is 19.8 Å². The summed E-state index contributed by atoms with van der Waals surface area (Å²) in [5, 5.41) is 0. The Labute approximate surface area is 253 Å². The number of allylic oxidation sites excluding steroid dienone is 4. The molecule has 0 bridgehead atoms. The van der Waals surface area contributed by atoms with Crippen LogP contribution in [-0.4, -0.2) is 30.6 Å². The Bertz CT molecular complexity index is 1330. The number of hydrogen-bond acceptors (Lipinski definition) is 4. The monoisotopic (exact) mass is 573 g/mol. The van der Waals surface area contributed by atoms with Gasteiger partial charge in [-0.2, -0.15) is 0 Å². The molecule has 0 spiro atoms. The molecule has 0 unspecified atom stereocenters. The summed E-state index contributed by atoms with van der Waals surface area (Å²) in [4.78, 5) is 44.7. The van der Waals surface area contributed by atoms with Crippen LogP contribution in [0, 0.1) is 62.7 Å². The van der Waals surface area contributed by atoms with Crippen LogP contribution in [0.3, 0.4) is 0 Å². The second-order valence-corrected chi connectivity index (χ2v) is 17.2. The number of fused-ring (bicyclic) bond motifs is 7. The number of nitrogens with zero attached hydrogens (tertiary/aromatic N) is 1. The van der Waals surface area contributed by atoms with Crippen LogP contribution in [0.2, 0.25) is 0 Å². The van der Waals surface area contributed by atoms with Gasteiger partial charge in [0.1, 0.15) is 5.78 Å². The minimum Gasteiger partial charge on any atom is -0.381 e. The van der Waals surface area contributed by atoms with E-state index in [0.717, 1.165) is 56.9 Å². The molecule has 1 heterocycles. The first kappa shape index (κ1) is 30.0. The van der Waals surface area contributed by atoms with Crippen molar-refractivity contribution in [2.75, 3.05) is 13.2 Å². The second-order valence-electron chi connectivity index (χ2n) is 17.2. The molecule has 1 aliphatic heterocycles. The molecule has 228 valence electrons. The molecule has 0 aromatic carbocycles. The van der Waals surface area contributed by atoms with Gasteiger partial charge < -0.3 is 9.53 Å². The zero-order chi connectivity index (χ0) is 30.5. The normalized spacial score (nSPS) is 43.8. The van der Waals surface area contributed by atoms with Gasteiger partial charge in [-0.05, 0) is 90.9 Å². The number of ether oxygens (including phenoxy) is 1. The smallest absolute Gasteiger partial charge is 0.226 e. The van der Waals surface area contributed by atoms with E-state index in [0.29, 0.717) is 37.8 Å². The average molecular weight is 574 g/mol. The number of hydrogen-bond donors (Lipinski definition) is 0. The summed E-state index contributed by atoms with van der Waals surface area (Å²) in [7, 11) is 0. The Balaban J connectivity index is 1.40. The summed E-state index contributed by atoms with van der Waals surface area (Å²) >= 11 is 0. The van der Waals surface area contributed by atoms with Gasteiger partial charge in [0.25, 0.3) is 0 Å². The van der Waals surface area contributed by atoms with Crippen LogP contribution in [0.25, 0.3) is 4.85 Å². The quantitative estimate of drug-likeness (QED) is 0.313. The molecular formula is C37H51NO4. The summed E-state index contributed by atoms with van der Waals surface area (Å²) in [5.41, 5.74) is 0.0941. The van der Waals surface area contributed by atoms with E-state index >= 15 is 0 Å². The van der Waals surface area contributed by atoms with Crippen molar-refractivity contribution in [2.24, 2.45) is 56.2 Å². The lowest BCUT2D eigenvalue weighted by Crippen LogP contribution is -2.64. The van der Waals surface area contributed by atoms with Crippen molar-refractivity contribution in [3.8, 4) is 0 Å². The van der Waals surface area contributed by atoms with Gasteiger partial charge >= 0.3 is 0 Å². The molecule has 5 aliphatic carbocycles. The van der Waals surface area contributed by atoms with E-state index < -0.39 is 10.8 Å². The highest BCUT2D eigenvalue weighted by Gasteiger charge is 2.69. The van der Waals surface area contributed by atoms with Crippen LogP contribution < -0.4 is 0 Å². The molecule has 0 N–H and O–H groups in total. The Hall–Kier alpha value is -2.06. The molecule has 5 nitrogen and oxygen atoms in total. The fraction of sp³-hybridized carbons (Fsp3) is 0.784. The lowest BCUT2D eigenvalue weighted by Gasteiger charge is -2.69. The fourth-order valence-corrected chi connectivity index (χ4v) is 11.4. The molecule has 0 amide bonds. The third-order valence-electron chi connectivity index (χ3n) is 14.1. The molecule has 1 saturated heterocycles. The molecule has 0 aromatic heterocycles. The van der Waals surface area contributed by atoms with Crippen LogP contribution >= 0.6 is 0 Å². The van der Waals surface area contributed by atoms with Gasteiger partial charge in [0.15, 0.2) is 11.6 Å². The maximum absolute atomic E-state index is 14.7. The van der Waals surface area contributed by atoms with Crippen LogP contribution in [-0.2, 0) is 19.1 Å². The lowest BCUT2D eigenvalue weighted by molar-refractivity contribution is -0.173. The summed E-state index contributed by atoms with van der Waals surface area (Å²) in [6, 6.07) is 0. The van der Waals surface area contributed by atoms with E-state index in [9.17, 15) is 14.4 Å². The van der Waals surface area contributed by atoms with Gasteiger partial charge in [-0.15, -0.1) is 0 Å². The van der Waals surface area contributed by atoms with Crippen LogP contribution in [0.5, 0.6) is 0 Å². The molecule has 7 atom stereocenters. The molecule has 0 radical (unpaired) electrons. The number of rotatable bonds is 5. The highest BCUT2D eigenvalue weighted by Crippen LogP contribution is 2.75. The van der Waals surface area contributed by atoms with Crippen molar-refractivity contribution in [3.05, 3.63) is 34.8 Å². The highest BCUT2D eigenvalue weighted by atomic mass is 16.5. The summed E-state index contributed by atoms with van der Waals surface area (Å²) in [6.07, 6.45) is 13.3. The molecule has 6 aliphatic rings. The van der Waals surface area contributed by atoms with Crippen molar-refractivity contribution in [3.63, 3.8) is 0 Å². The van der Waals surface area contributed by atoms with E-state index in [4.69, 9.17) is 11.3 Å². The minimum absolute atomic E-state index is 0.0420. The van der Waals surface area contributed by atoms with Crippen molar-refractivity contribution in [1.82, 2.24) is 0 Å². The van der Waals surface area contributed by atoms with Crippen molar-refractivity contribution in [2.45, 2.75) is 113 Å². The number of ketones is 3. The van der Waals surface area contributed by atoms with E-state index in [1.165, 1.54) is 0 Å². The largest absolute Gasteiger partial charge is 0.381 e. The Morgan fingerprint density at radius 2 is 1.69 bits per heavy atom. The molecule has 5 heteroatoms. The maximum Gasteiger partial charge on any atom is 0.226 e. The number of Topliss-reactive ketones (excluding diaryl/α,β-unsaturated/α-hetero) is 2. The van der Waals surface area contributed by atoms with Gasteiger partial charge in [-0.3, -0.25) is 9.59 Å². The number of carbonyl (C=O) groups excluding carboxylic acids is 3. The van der Waals surface area contributed by atoms with E-state index in [1.807, 2.05) is 26.0 Å². The Kier molecular flexibility index (Phi) is 6.76. The van der Waals surface area contributed by atoms with Crippen molar-refractivity contribution in [1.29, 1.82) is 0 Å². The van der Waals surface area contributed by atoms with Crippen molar-refractivity contribution < 1.29 is 19.1 Å². The number of carbonyl (C=O) groups is 3. The molecule has 3 saturated carbocycles. The van der Waals surface area contributed by atoms with Gasteiger partial charge in [0, 0.05) is 35.5 Å². The summed E-state index contributed by atoms with van der Waals surface area (Å²) < 4.78 is 5.31. The first-order chi connectivity index (χ1) is 19.5. The topological polar surface area (TPSA) is 64.8 Å². The lowest BCUT2D eigenvalue weighted by atomic mass is 9.34.